The molecule has 0 saturated carbocycles. The number of rotatable bonds is 6. The molecule has 0 spiro atoms. The Labute approximate surface area is 266 Å². The van der Waals surface area contributed by atoms with E-state index in [9.17, 15) is 14.9 Å². The van der Waals surface area contributed by atoms with E-state index >= 15 is 0 Å². The van der Waals surface area contributed by atoms with Crippen LogP contribution in [0, 0.1) is 16.0 Å². The van der Waals surface area contributed by atoms with E-state index in [1.54, 1.807) is 12.1 Å². The van der Waals surface area contributed by atoms with Gasteiger partial charge < -0.3 is 4.90 Å². The monoisotopic (exact) mass is 599 g/mol. The first-order valence-electron chi connectivity index (χ1n) is 15.4. The van der Waals surface area contributed by atoms with E-state index in [1.165, 1.54) is 0 Å². The summed E-state index contributed by atoms with van der Waals surface area (Å²) in [5.74, 6) is -0.701. The number of hydrogen-bond acceptors (Lipinski definition) is 5. The molecule has 0 bridgehead atoms. The van der Waals surface area contributed by atoms with Gasteiger partial charge in [0.15, 0.2) is 5.78 Å². The fourth-order valence-corrected chi connectivity index (χ4v) is 7.43. The van der Waals surface area contributed by atoms with Crippen molar-refractivity contribution in [3.63, 3.8) is 0 Å². The molecule has 1 aromatic heterocycles. The van der Waals surface area contributed by atoms with Gasteiger partial charge in [0.25, 0.3) is 5.69 Å². The first-order chi connectivity index (χ1) is 22.6. The summed E-state index contributed by atoms with van der Waals surface area (Å²) in [5, 5.41) is 12.7. The molecule has 3 heterocycles. The lowest BCUT2D eigenvalue weighted by Gasteiger charge is -2.39. The number of nitro benzene ring substituents is 1. The normalized spacial score (nSPS) is 20.1. The van der Waals surface area contributed by atoms with E-state index in [0.717, 1.165) is 44.5 Å². The largest absolute Gasteiger partial charge is 0.355 e. The van der Waals surface area contributed by atoms with E-state index in [2.05, 4.69) is 53.4 Å². The van der Waals surface area contributed by atoms with Gasteiger partial charge in [0.05, 0.1) is 34.1 Å². The first-order valence-corrected chi connectivity index (χ1v) is 15.4. The van der Waals surface area contributed by atoms with Crippen molar-refractivity contribution in [3.05, 3.63) is 184 Å². The number of non-ortho nitro benzene ring substituents is 1. The summed E-state index contributed by atoms with van der Waals surface area (Å²) in [6.45, 7) is 0. The second-order valence-electron chi connectivity index (χ2n) is 11.9. The molecule has 0 aliphatic carbocycles. The van der Waals surface area contributed by atoms with Gasteiger partial charge in [-0.3, -0.25) is 14.9 Å². The van der Waals surface area contributed by atoms with Crippen molar-refractivity contribution in [1.29, 1.82) is 0 Å². The molecule has 1 fully saturated rings. The Morgan fingerprint density at radius 2 is 1.35 bits per heavy atom. The van der Waals surface area contributed by atoms with E-state index < -0.39 is 5.92 Å². The predicted octanol–water partition coefficient (Wildman–Crippen LogP) is 8.91. The zero-order valence-electron chi connectivity index (χ0n) is 24.8. The maximum atomic E-state index is 14.9. The van der Waals surface area contributed by atoms with Crippen LogP contribution in [-0.4, -0.2) is 21.7 Å². The summed E-state index contributed by atoms with van der Waals surface area (Å²) in [4.78, 5) is 33.7. The van der Waals surface area contributed by atoms with E-state index in [4.69, 9.17) is 4.98 Å². The summed E-state index contributed by atoms with van der Waals surface area (Å²) < 4.78 is 0. The van der Waals surface area contributed by atoms with Crippen LogP contribution in [0.2, 0.25) is 0 Å². The summed E-state index contributed by atoms with van der Waals surface area (Å²) in [7, 11) is 0. The number of ketones is 1. The highest BCUT2D eigenvalue weighted by atomic mass is 16.6. The maximum Gasteiger partial charge on any atom is 0.269 e. The number of hydrogen-bond donors (Lipinski definition) is 0. The quantitative estimate of drug-likeness (QED) is 0.109. The number of aromatic nitrogens is 1. The van der Waals surface area contributed by atoms with Gasteiger partial charge in [-0.2, -0.15) is 0 Å². The van der Waals surface area contributed by atoms with Crippen molar-refractivity contribution in [1.82, 2.24) is 4.98 Å². The molecule has 5 aromatic carbocycles. The molecular formula is C40H29N3O3. The molecule has 8 rings (SSSR count). The highest BCUT2D eigenvalue weighted by Gasteiger charge is 2.56. The standard InChI is InChI=1S/C40H29N3O3/c44-40(29-14-5-2-6-15-29)37-36(27-12-3-1-4-13-27)38(28-19-22-31(23-20-28)43(45)46)42-35-18-10-8-16-30(35)25-32(39(37)42)34-24-21-26-11-7-9-17-33(26)41-34/h1-25,36-39H. The van der Waals surface area contributed by atoms with E-state index in [1.807, 2.05) is 91.0 Å². The lowest BCUT2D eigenvalue weighted by Crippen LogP contribution is -2.40. The summed E-state index contributed by atoms with van der Waals surface area (Å²) in [6, 6.07) is 46.4. The number of pyridine rings is 1. The SMILES string of the molecule is O=C(c1ccccc1)C1C(c2ccccc2)C(c2ccc([N+](=O)[O-])cc2)N2c3ccccc3C=C(c3ccc4ccccc4n3)C12. The number of carbonyl (C=O) groups excluding carboxylic acids is 1. The van der Waals surface area contributed by atoms with Gasteiger partial charge in [-0.05, 0) is 41.0 Å². The molecule has 6 nitrogen and oxygen atoms in total. The third-order valence-corrected chi connectivity index (χ3v) is 9.40. The van der Waals surface area contributed by atoms with Crippen LogP contribution < -0.4 is 4.90 Å². The number of anilines is 1. The van der Waals surface area contributed by atoms with Crippen LogP contribution in [-0.2, 0) is 0 Å². The van der Waals surface area contributed by atoms with Gasteiger partial charge in [0.2, 0.25) is 0 Å². The minimum atomic E-state index is -0.488. The average molecular weight is 600 g/mol. The van der Waals surface area contributed by atoms with Gasteiger partial charge in [0, 0.05) is 40.3 Å². The lowest BCUT2D eigenvalue weighted by molar-refractivity contribution is -0.384. The van der Waals surface area contributed by atoms with Gasteiger partial charge in [-0.15, -0.1) is 0 Å². The Hall–Kier alpha value is -5.88. The van der Waals surface area contributed by atoms with Crippen LogP contribution >= 0.6 is 0 Å². The van der Waals surface area contributed by atoms with Crippen molar-refractivity contribution < 1.29 is 9.72 Å². The number of nitro groups is 1. The molecule has 6 aromatic rings. The number of Topliss-reactive ketones (excluding diaryl/α,β-unsaturated/α-hetero) is 1. The highest BCUT2D eigenvalue weighted by Crippen LogP contribution is 2.58. The van der Waals surface area contributed by atoms with Gasteiger partial charge in [-0.25, -0.2) is 4.98 Å². The Bertz CT molecular complexity index is 2130. The van der Waals surface area contributed by atoms with Crippen molar-refractivity contribution in [3.8, 4) is 0 Å². The molecule has 2 aliphatic rings. The summed E-state index contributed by atoms with van der Waals surface area (Å²) in [5.41, 5.74) is 7.39. The molecule has 222 valence electrons. The van der Waals surface area contributed by atoms with Crippen molar-refractivity contribution in [2.24, 2.45) is 5.92 Å². The zero-order chi connectivity index (χ0) is 31.2. The fourth-order valence-electron chi connectivity index (χ4n) is 7.43. The van der Waals surface area contributed by atoms with Gasteiger partial charge >= 0.3 is 0 Å². The molecular weight excluding hydrogens is 570 g/mol. The van der Waals surface area contributed by atoms with E-state index in [0.29, 0.717) is 5.56 Å². The van der Waals surface area contributed by atoms with E-state index in [-0.39, 0.29) is 34.4 Å². The molecule has 4 unspecified atom stereocenters. The average Bonchev–Trinajstić information content (AvgIpc) is 3.48. The van der Waals surface area contributed by atoms with Crippen LogP contribution in [0.5, 0.6) is 0 Å². The maximum absolute atomic E-state index is 14.9. The Morgan fingerprint density at radius 3 is 2.11 bits per heavy atom. The predicted molar refractivity (Wildman–Crippen MR) is 182 cm³/mol. The Balaban J connectivity index is 1.41. The lowest BCUT2D eigenvalue weighted by atomic mass is 9.74. The van der Waals surface area contributed by atoms with Crippen LogP contribution in [0.3, 0.4) is 0 Å². The second-order valence-corrected chi connectivity index (χ2v) is 11.9. The number of carbonyl (C=O) groups is 1. The summed E-state index contributed by atoms with van der Waals surface area (Å²) in [6.07, 6.45) is 2.19. The third kappa shape index (κ3) is 4.58. The minimum Gasteiger partial charge on any atom is -0.355 e. The Morgan fingerprint density at radius 1 is 0.674 bits per heavy atom. The minimum absolute atomic E-state index is 0.0338. The molecule has 0 radical (unpaired) electrons. The molecule has 1 saturated heterocycles. The molecule has 4 atom stereocenters. The smallest absolute Gasteiger partial charge is 0.269 e. The van der Waals surface area contributed by atoms with Crippen molar-refractivity contribution >= 4 is 39.7 Å². The third-order valence-electron chi connectivity index (χ3n) is 9.40. The highest BCUT2D eigenvalue weighted by molar-refractivity contribution is 6.05. The zero-order valence-corrected chi connectivity index (χ0v) is 24.8. The fraction of sp³-hybridized carbons (Fsp3) is 0.100. The second kappa shape index (κ2) is 11.2. The molecule has 2 aliphatic heterocycles. The van der Waals surface area contributed by atoms with Crippen LogP contribution in [0.1, 0.15) is 44.7 Å². The first kappa shape index (κ1) is 27.7. The van der Waals surface area contributed by atoms with Crippen LogP contribution in [0.15, 0.2) is 146 Å². The van der Waals surface area contributed by atoms with Crippen molar-refractivity contribution in [2.45, 2.75) is 18.0 Å². The van der Waals surface area contributed by atoms with Crippen LogP contribution in [0.25, 0.3) is 22.6 Å². The summed E-state index contributed by atoms with van der Waals surface area (Å²) >= 11 is 0. The number of para-hydroxylation sites is 2. The molecule has 46 heavy (non-hydrogen) atoms. The van der Waals surface area contributed by atoms with Crippen LogP contribution in [0.4, 0.5) is 11.4 Å². The van der Waals surface area contributed by atoms with Gasteiger partial charge in [-0.1, -0.05) is 115 Å². The number of nitrogens with zero attached hydrogens (tertiary/aromatic N) is 3. The topological polar surface area (TPSA) is 76.3 Å². The molecule has 0 N–H and O–H groups in total. The molecule has 0 amide bonds. The van der Waals surface area contributed by atoms with Crippen molar-refractivity contribution in [2.75, 3.05) is 4.90 Å². The Kier molecular flexibility index (Phi) is 6.76. The molecule has 6 heteroatoms. The number of benzene rings is 5. The van der Waals surface area contributed by atoms with Gasteiger partial charge in [0.1, 0.15) is 0 Å². The number of fused-ring (bicyclic) bond motifs is 4.